The highest BCUT2D eigenvalue weighted by atomic mass is 35.5. The van der Waals surface area contributed by atoms with E-state index in [0.29, 0.717) is 67.0 Å². The molecule has 1 amide bonds. The molecule has 3 heterocycles. The van der Waals surface area contributed by atoms with Gasteiger partial charge in [-0.3, -0.25) is 9.78 Å². The third kappa shape index (κ3) is 8.29. The third-order valence-corrected chi connectivity index (χ3v) is 8.56. The molecule has 0 spiro atoms. The number of pyridine rings is 2. The highest BCUT2D eigenvalue weighted by molar-refractivity contribution is 6.33. The lowest BCUT2D eigenvalue weighted by Gasteiger charge is -2.27. The zero-order chi connectivity index (χ0) is 35.3. The first-order valence-corrected chi connectivity index (χ1v) is 17.2. The maximum Gasteiger partial charge on any atom is 0.410 e. The van der Waals surface area contributed by atoms with Crippen LogP contribution in [-0.2, 0) is 24.1 Å². The van der Waals surface area contributed by atoms with Crippen LogP contribution in [0, 0.1) is 0 Å². The maximum absolute atomic E-state index is 13.3. The van der Waals surface area contributed by atoms with Crippen LogP contribution >= 0.6 is 11.6 Å². The largest absolute Gasteiger partial charge is 0.446 e. The number of carbonyl (C=O) groups is 2. The molecule has 256 valence electrons. The Kier molecular flexibility index (Phi) is 10.4. The van der Waals surface area contributed by atoms with Crippen molar-refractivity contribution in [3.63, 3.8) is 0 Å². The Balaban J connectivity index is 1.12. The number of hydrogen-bond acceptors (Lipinski definition) is 8. The van der Waals surface area contributed by atoms with Gasteiger partial charge < -0.3 is 19.4 Å². The van der Waals surface area contributed by atoms with Crippen LogP contribution in [0.5, 0.6) is 0 Å². The van der Waals surface area contributed by atoms with E-state index in [0.717, 1.165) is 38.4 Å². The van der Waals surface area contributed by atoms with Gasteiger partial charge in [0, 0.05) is 83.6 Å². The van der Waals surface area contributed by atoms with E-state index in [1.165, 1.54) is 0 Å². The quantitative estimate of drug-likeness (QED) is 0.1000. The number of benzene rings is 3. The summed E-state index contributed by atoms with van der Waals surface area (Å²) in [6, 6.07) is 23.4. The molecular formula is C40H40ClN5O4. The average molecular weight is 690 g/mol. The second-order valence-corrected chi connectivity index (χ2v) is 13.5. The zero-order valence-corrected chi connectivity index (χ0v) is 29.5. The van der Waals surface area contributed by atoms with Gasteiger partial charge in [-0.1, -0.05) is 73.1 Å². The smallest absolute Gasteiger partial charge is 0.410 e. The minimum atomic E-state index is -0.649. The fourth-order valence-electron chi connectivity index (χ4n) is 5.76. The minimum Gasteiger partial charge on any atom is -0.446 e. The number of ketones is 1. The summed E-state index contributed by atoms with van der Waals surface area (Å²) in [6.07, 6.45) is 6.27. The van der Waals surface area contributed by atoms with Crippen LogP contribution in [0.4, 0.5) is 10.6 Å². The summed E-state index contributed by atoms with van der Waals surface area (Å²) < 4.78 is 11.8. The van der Waals surface area contributed by atoms with E-state index >= 15 is 0 Å². The first kappa shape index (κ1) is 34.6. The Morgan fingerprint density at radius 3 is 2.52 bits per heavy atom. The van der Waals surface area contributed by atoms with Gasteiger partial charge in [0.1, 0.15) is 17.2 Å². The lowest BCUT2D eigenvalue weighted by molar-refractivity contribution is 0.0233. The minimum absolute atomic E-state index is 0.0757. The molecule has 0 aliphatic heterocycles. The van der Waals surface area contributed by atoms with Crippen molar-refractivity contribution in [3.8, 4) is 11.1 Å². The topological polar surface area (TPSA) is 110 Å². The molecule has 0 fully saturated rings. The van der Waals surface area contributed by atoms with Crippen LogP contribution in [0.25, 0.3) is 32.8 Å². The molecule has 0 saturated heterocycles. The predicted molar refractivity (Wildman–Crippen MR) is 198 cm³/mol. The van der Waals surface area contributed by atoms with Crippen LogP contribution in [0.1, 0.15) is 61.7 Å². The molecule has 3 aromatic heterocycles. The number of amides is 1. The summed E-state index contributed by atoms with van der Waals surface area (Å²) in [4.78, 5) is 41.0. The van der Waals surface area contributed by atoms with Crippen molar-refractivity contribution in [2.45, 2.75) is 59.1 Å². The fraction of sp³-hybridized carbons (Fsp3) is 0.275. The van der Waals surface area contributed by atoms with Crippen molar-refractivity contribution in [2.75, 3.05) is 18.4 Å². The second-order valence-electron chi connectivity index (χ2n) is 13.1. The Labute approximate surface area is 296 Å². The van der Waals surface area contributed by atoms with Gasteiger partial charge in [0.25, 0.3) is 0 Å². The number of rotatable bonds is 12. The molecule has 0 radical (unpaired) electrons. The third-order valence-electron chi connectivity index (χ3n) is 8.24. The normalized spacial score (nSPS) is 11.5. The molecule has 0 aliphatic rings. The predicted octanol–water partition coefficient (Wildman–Crippen LogP) is 9.32. The molecule has 9 nitrogen and oxygen atoms in total. The monoisotopic (exact) mass is 689 g/mol. The molecular weight excluding hydrogens is 650 g/mol. The summed E-state index contributed by atoms with van der Waals surface area (Å²) in [5, 5.41) is 6.90. The summed E-state index contributed by atoms with van der Waals surface area (Å²) in [7, 11) is 0. The molecule has 0 aliphatic carbocycles. The Bertz CT molecular complexity index is 2140. The van der Waals surface area contributed by atoms with E-state index in [1.807, 2.05) is 107 Å². The molecule has 1 N–H and O–H groups in total. The summed E-state index contributed by atoms with van der Waals surface area (Å²) in [6.45, 7) is 8.60. The van der Waals surface area contributed by atoms with Crippen LogP contribution in [0.2, 0.25) is 5.02 Å². The highest BCUT2D eigenvalue weighted by Crippen LogP contribution is 2.31. The molecule has 0 saturated carbocycles. The first-order chi connectivity index (χ1) is 24.1. The van der Waals surface area contributed by atoms with Gasteiger partial charge in [0.15, 0.2) is 11.7 Å². The van der Waals surface area contributed by atoms with E-state index in [4.69, 9.17) is 25.7 Å². The van der Waals surface area contributed by atoms with Crippen molar-refractivity contribution in [3.05, 3.63) is 119 Å². The van der Waals surface area contributed by atoms with Crippen molar-refractivity contribution >= 4 is 51.0 Å². The number of ether oxygens (including phenoxy) is 1. The molecule has 0 unspecified atom stereocenters. The molecule has 0 atom stereocenters. The zero-order valence-electron chi connectivity index (χ0n) is 28.7. The summed E-state index contributed by atoms with van der Waals surface area (Å²) in [5.74, 6) is 2.02. The number of hydrogen-bond donors (Lipinski definition) is 1. The van der Waals surface area contributed by atoms with Crippen LogP contribution in [0.15, 0.2) is 95.8 Å². The van der Waals surface area contributed by atoms with Crippen molar-refractivity contribution in [2.24, 2.45) is 0 Å². The van der Waals surface area contributed by atoms with Crippen molar-refractivity contribution in [1.29, 1.82) is 0 Å². The molecule has 6 rings (SSSR count). The van der Waals surface area contributed by atoms with Crippen LogP contribution < -0.4 is 5.32 Å². The van der Waals surface area contributed by atoms with Gasteiger partial charge in [-0.25, -0.2) is 14.8 Å². The molecule has 10 heteroatoms. The summed E-state index contributed by atoms with van der Waals surface area (Å²) >= 11 is 6.68. The Hall–Kier alpha value is -5.28. The molecule has 0 bridgehead atoms. The van der Waals surface area contributed by atoms with Crippen molar-refractivity contribution < 1.29 is 18.7 Å². The van der Waals surface area contributed by atoms with Gasteiger partial charge >= 0.3 is 6.09 Å². The number of nitrogens with zero attached hydrogens (tertiary/aromatic N) is 4. The average Bonchev–Trinajstić information content (AvgIpc) is 3.56. The second kappa shape index (κ2) is 15.1. The van der Waals surface area contributed by atoms with E-state index in [1.54, 1.807) is 17.3 Å². The lowest BCUT2D eigenvalue weighted by Crippen LogP contribution is -2.37. The number of Topliss-reactive ketones (excluding diaryl/α,β-unsaturated/α-hetero) is 1. The number of nitrogens with one attached hydrogen (secondary N) is 1. The molecule has 3 aromatic carbocycles. The van der Waals surface area contributed by atoms with Gasteiger partial charge in [-0.2, -0.15) is 0 Å². The standard InChI is InChI=1S/C40H40ClN5O4/c1-5-36(47)28-12-14-31-33-24-42-18-16-32(33)38(45-35(31)22-28)43-19-15-29-23-44-37(49-29)17-20-46(39(48)50-40(2,3)4)25-26-11-13-30(34(41)21-26)27-9-7-6-8-10-27/h6-14,16,18,21-24H,5,15,17,19-20,25H2,1-4H3,(H,43,45). The number of halogens is 1. The first-order valence-electron chi connectivity index (χ1n) is 16.8. The Morgan fingerprint density at radius 1 is 0.940 bits per heavy atom. The van der Waals surface area contributed by atoms with Crippen LogP contribution in [0.3, 0.4) is 0 Å². The lowest BCUT2D eigenvalue weighted by atomic mass is 10.0. The van der Waals surface area contributed by atoms with Gasteiger partial charge in [-0.05, 0) is 50.1 Å². The van der Waals surface area contributed by atoms with Gasteiger partial charge in [0.2, 0.25) is 0 Å². The van der Waals surface area contributed by atoms with E-state index in [-0.39, 0.29) is 5.78 Å². The number of carbonyl (C=O) groups excluding carboxylic acids is 2. The number of oxazole rings is 1. The molecule has 6 aromatic rings. The SMILES string of the molecule is CCC(=O)c1ccc2c(c1)nc(NCCc1cnc(CCN(Cc3ccc(-c4ccccc4)c(Cl)c3)C(=O)OC(C)(C)C)o1)c1ccncc12. The fourth-order valence-corrected chi connectivity index (χ4v) is 6.08. The number of fused-ring (bicyclic) bond motifs is 3. The van der Waals surface area contributed by atoms with E-state index < -0.39 is 11.7 Å². The van der Waals surface area contributed by atoms with Gasteiger partial charge in [0.05, 0.1) is 11.7 Å². The van der Waals surface area contributed by atoms with E-state index in [9.17, 15) is 9.59 Å². The van der Waals surface area contributed by atoms with E-state index in [2.05, 4.69) is 15.3 Å². The van der Waals surface area contributed by atoms with Gasteiger partial charge in [-0.15, -0.1) is 0 Å². The number of anilines is 1. The Morgan fingerprint density at radius 2 is 1.76 bits per heavy atom. The highest BCUT2D eigenvalue weighted by Gasteiger charge is 2.23. The number of aromatic nitrogens is 3. The summed E-state index contributed by atoms with van der Waals surface area (Å²) in [5.41, 5.74) is 3.58. The van der Waals surface area contributed by atoms with Crippen molar-refractivity contribution in [1.82, 2.24) is 19.9 Å². The van der Waals surface area contributed by atoms with Crippen LogP contribution in [-0.4, -0.2) is 50.4 Å². The molecule has 50 heavy (non-hydrogen) atoms. The maximum atomic E-state index is 13.3.